The van der Waals surface area contributed by atoms with Gasteiger partial charge in [0.1, 0.15) is 0 Å². The van der Waals surface area contributed by atoms with Gasteiger partial charge in [-0.3, -0.25) is 0 Å². The lowest BCUT2D eigenvalue weighted by molar-refractivity contribution is 0.174. The Morgan fingerprint density at radius 3 is 1.89 bits per heavy atom. The second-order valence-corrected chi connectivity index (χ2v) is 12.7. The minimum atomic E-state index is -4.76. The number of hydrogen-bond donors (Lipinski definition) is 0. The third-order valence-corrected chi connectivity index (χ3v) is 10.3. The zero-order chi connectivity index (χ0) is 27.2. The molecule has 14 heteroatoms. The number of fused-ring (bicyclic) bond motifs is 1. The molecule has 1 aliphatic heterocycles. The van der Waals surface area contributed by atoms with E-state index in [4.69, 9.17) is 37.4 Å². The van der Waals surface area contributed by atoms with Crippen LogP contribution in [0.25, 0.3) is 11.1 Å². The van der Waals surface area contributed by atoms with E-state index in [1.54, 1.807) is 18.2 Å². The summed E-state index contributed by atoms with van der Waals surface area (Å²) in [7, 11) is -6.78. The Morgan fingerprint density at radius 2 is 1.37 bits per heavy atom. The highest BCUT2D eigenvalue weighted by Crippen LogP contribution is 2.45. The van der Waals surface area contributed by atoms with Gasteiger partial charge >= 0.3 is 0 Å². The molecular formula is C24H19Cl2N3O7S2. The van der Waals surface area contributed by atoms with Crippen LogP contribution in [0.15, 0.2) is 76.5 Å². The monoisotopic (exact) mass is 595 g/mol. The van der Waals surface area contributed by atoms with Crippen LogP contribution in [0.5, 0.6) is 17.4 Å². The maximum Gasteiger partial charge on any atom is 0.279 e. The van der Waals surface area contributed by atoms with Crippen LogP contribution in [0, 0.1) is 0 Å². The van der Waals surface area contributed by atoms with Crippen LogP contribution < -0.4 is 17.9 Å². The first-order chi connectivity index (χ1) is 18.0. The molecule has 0 fully saturated rings. The zero-order valence-corrected chi connectivity index (χ0v) is 23.0. The van der Waals surface area contributed by atoms with Crippen molar-refractivity contribution in [3.8, 4) is 28.5 Å². The van der Waals surface area contributed by atoms with Crippen molar-refractivity contribution in [3.63, 3.8) is 0 Å². The number of benzene rings is 3. The van der Waals surface area contributed by atoms with Gasteiger partial charge in [0.15, 0.2) is 17.3 Å². The van der Waals surface area contributed by atoms with E-state index >= 15 is 0 Å². The fourth-order valence-corrected chi connectivity index (χ4v) is 7.93. The van der Waals surface area contributed by atoms with E-state index in [0.717, 1.165) is 4.68 Å². The molecule has 10 nitrogen and oxygen atoms in total. The quantitative estimate of drug-likeness (QED) is 0.301. The fraction of sp³-hybridized carbons (Fsp3) is 0.125. The first-order valence-corrected chi connectivity index (χ1v) is 14.5. The first-order valence-electron chi connectivity index (χ1n) is 10.9. The molecule has 0 amide bonds. The van der Waals surface area contributed by atoms with Crippen molar-refractivity contribution in [1.29, 1.82) is 0 Å². The van der Waals surface area contributed by atoms with Gasteiger partial charge in [-0.15, -0.1) is 8.81 Å². The number of rotatable bonds is 7. The summed E-state index contributed by atoms with van der Waals surface area (Å²) in [6.45, 7) is 0.0117. The van der Waals surface area contributed by atoms with Gasteiger partial charge in [0, 0.05) is 17.1 Å². The Hall–Kier alpha value is -3.45. The van der Waals surface area contributed by atoms with Gasteiger partial charge in [-0.2, -0.15) is 16.8 Å². The number of hydrogen-bond acceptors (Lipinski definition) is 8. The lowest BCUT2D eigenvalue weighted by Crippen LogP contribution is -2.38. The molecule has 198 valence electrons. The third kappa shape index (κ3) is 4.43. The van der Waals surface area contributed by atoms with E-state index in [1.807, 2.05) is 0 Å². The number of halogens is 2. The molecule has 0 atom stereocenters. The summed E-state index contributed by atoms with van der Waals surface area (Å²) >= 11 is 11.9. The van der Waals surface area contributed by atoms with Crippen molar-refractivity contribution in [2.75, 3.05) is 17.6 Å². The number of nitrogens with zero attached hydrogens (tertiary/aromatic N) is 3. The van der Waals surface area contributed by atoms with Crippen molar-refractivity contribution in [1.82, 2.24) is 9.78 Å². The highest BCUT2D eigenvalue weighted by molar-refractivity contribution is 8.10. The third-order valence-electron chi connectivity index (χ3n) is 5.67. The molecule has 0 radical (unpaired) electrons. The van der Waals surface area contributed by atoms with Crippen molar-refractivity contribution in [2.24, 2.45) is 7.05 Å². The standard InChI is InChI=1S/C24H19Cl2N3O7S2/c1-28-24(22(23(27-28)34-2)15-3-12-20-21(13-15)36-14-35-20)29(37(30,31)18-8-4-16(25)5-9-18)38(32,33)19-10-6-17(26)7-11-19/h3-13H,14H2,1-2H3. The summed E-state index contributed by atoms with van der Waals surface area (Å²) in [4.78, 5) is -0.618. The van der Waals surface area contributed by atoms with Gasteiger partial charge in [-0.25, -0.2) is 4.68 Å². The van der Waals surface area contributed by atoms with Crippen LogP contribution in [0.1, 0.15) is 0 Å². The molecule has 0 N–H and O–H groups in total. The smallest absolute Gasteiger partial charge is 0.279 e. The van der Waals surface area contributed by atoms with Crippen LogP contribution in [0.3, 0.4) is 0 Å². The van der Waals surface area contributed by atoms with E-state index in [-0.39, 0.29) is 43.9 Å². The molecule has 4 aromatic rings. The topological polar surface area (TPSA) is 117 Å². The second kappa shape index (κ2) is 9.70. The van der Waals surface area contributed by atoms with Crippen LogP contribution in [0.2, 0.25) is 10.0 Å². The number of aryl methyl sites for hydroxylation is 1. The fourth-order valence-electron chi connectivity index (χ4n) is 3.91. The lowest BCUT2D eigenvalue weighted by atomic mass is 10.1. The average molecular weight is 596 g/mol. The maximum atomic E-state index is 14.1. The van der Waals surface area contributed by atoms with Crippen molar-refractivity contribution >= 4 is 49.1 Å². The zero-order valence-electron chi connectivity index (χ0n) is 19.8. The number of anilines is 1. The predicted molar refractivity (Wildman–Crippen MR) is 141 cm³/mol. The van der Waals surface area contributed by atoms with E-state index < -0.39 is 20.0 Å². The van der Waals surface area contributed by atoms with Crippen molar-refractivity contribution in [3.05, 3.63) is 76.8 Å². The Labute approximate surface area is 229 Å². The Morgan fingerprint density at radius 1 is 0.842 bits per heavy atom. The predicted octanol–water partition coefficient (Wildman–Crippen LogP) is 4.72. The molecule has 2 heterocycles. The molecule has 1 aromatic heterocycles. The number of aromatic nitrogens is 2. The summed E-state index contributed by atoms with van der Waals surface area (Å²) in [6, 6.07) is 15.1. The first kappa shape index (κ1) is 26.2. The minimum absolute atomic E-state index is 0.0102. The molecule has 3 aromatic carbocycles. The Bertz CT molecular complexity index is 1660. The summed E-state index contributed by atoms with van der Waals surface area (Å²) in [5.41, 5.74) is 0.486. The van der Waals surface area contributed by atoms with Gasteiger partial charge in [0.25, 0.3) is 20.0 Å². The minimum Gasteiger partial charge on any atom is -0.479 e. The molecule has 0 saturated carbocycles. The van der Waals surface area contributed by atoms with E-state index in [1.165, 1.54) is 62.7 Å². The molecule has 0 bridgehead atoms. The maximum absolute atomic E-state index is 14.1. The Balaban J connectivity index is 1.82. The van der Waals surface area contributed by atoms with Crippen LogP contribution in [-0.4, -0.2) is 40.5 Å². The summed E-state index contributed by atoms with van der Waals surface area (Å²) in [6.07, 6.45) is 0. The van der Waals surface area contributed by atoms with Crippen molar-refractivity contribution in [2.45, 2.75) is 9.79 Å². The number of sulfonamides is 2. The van der Waals surface area contributed by atoms with Gasteiger partial charge in [-0.1, -0.05) is 29.3 Å². The van der Waals surface area contributed by atoms with Crippen LogP contribution in [0.4, 0.5) is 5.82 Å². The second-order valence-electron chi connectivity index (χ2n) is 8.01. The summed E-state index contributed by atoms with van der Waals surface area (Å²) < 4.78 is 74.2. The van der Waals surface area contributed by atoms with Gasteiger partial charge in [0.2, 0.25) is 12.7 Å². The normalized spacial score (nSPS) is 12.9. The molecular weight excluding hydrogens is 577 g/mol. The van der Waals surface area contributed by atoms with Gasteiger partial charge in [-0.05, 0) is 66.2 Å². The highest BCUT2D eigenvalue weighted by Gasteiger charge is 2.42. The SMILES string of the molecule is COc1nn(C)c(N(S(=O)(=O)c2ccc(Cl)cc2)S(=O)(=O)c2ccc(Cl)cc2)c1-c1ccc2c(c1)OCO2. The Kier molecular flexibility index (Phi) is 6.68. The van der Waals surface area contributed by atoms with Gasteiger partial charge < -0.3 is 14.2 Å². The lowest BCUT2D eigenvalue weighted by Gasteiger charge is -2.25. The van der Waals surface area contributed by atoms with Crippen LogP contribution in [-0.2, 0) is 27.1 Å². The number of methoxy groups -OCH3 is 1. The van der Waals surface area contributed by atoms with Crippen molar-refractivity contribution < 1.29 is 31.0 Å². The number of ether oxygens (including phenoxy) is 3. The average Bonchev–Trinajstić information content (AvgIpc) is 3.48. The molecule has 1 aliphatic rings. The molecule has 5 rings (SSSR count). The van der Waals surface area contributed by atoms with Gasteiger partial charge in [0.05, 0.1) is 22.5 Å². The molecule has 0 aliphatic carbocycles. The molecule has 38 heavy (non-hydrogen) atoms. The summed E-state index contributed by atoms with van der Waals surface area (Å²) in [5, 5.41) is 4.83. The molecule has 0 unspecified atom stereocenters. The summed E-state index contributed by atoms with van der Waals surface area (Å²) in [5.74, 6) is 0.583. The largest absolute Gasteiger partial charge is 0.479 e. The van der Waals surface area contributed by atoms with Crippen LogP contribution >= 0.6 is 23.2 Å². The van der Waals surface area contributed by atoms with E-state index in [0.29, 0.717) is 20.8 Å². The molecule has 0 saturated heterocycles. The highest BCUT2D eigenvalue weighted by atomic mass is 35.5. The van der Waals surface area contributed by atoms with E-state index in [9.17, 15) is 16.8 Å². The van der Waals surface area contributed by atoms with E-state index in [2.05, 4.69) is 5.10 Å². The molecule has 0 spiro atoms.